The van der Waals surface area contributed by atoms with Crippen LogP contribution in [0.3, 0.4) is 0 Å². The van der Waals surface area contributed by atoms with E-state index < -0.39 is 30.0 Å². The number of carboxylic acid groups (broad SMARTS) is 1. The zero-order valence-corrected chi connectivity index (χ0v) is 11.4. The number of rotatable bonds is 4. The van der Waals surface area contributed by atoms with E-state index in [1.807, 2.05) is 0 Å². The average molecular weight is 289 g/mol. The molecule has 1 amide bonds. The lowest BCUT2D eigenvalue weighted by atomic mass is 9.82. The van der Waals surface area contributed by atoms with Gasteiger partial charge < -0.3 is 19.9 Å². The summed E-state index contributed by atoms with van der Waals surface area (Å²) in [6, 6.07) is 6.99. The van der Waals surface area contributed by atoms with Crippen molar-refractivity contribution >= 4 is 17.6 Å². The largest absolute Gasteiger partial charge is 0.495 e. The molecule has 0 spiro atoms. The molecule has 2 aliphatic rings. The van der Waals surface area contributed by atoms with Crippen molar-refractivity contribution in [1.82, 2.24) is 0 Å². The molecule has 1 aromatic carbocycles. The summed E-state index contributed by atoms with van der Waals surface area (Å²) in [7, 11) is 1.51. The third kappa shape index (κ3) is 2.27. The lowest BCUT2D eigenvalue weighted by Crippen LogP contribution is -2.39. The maximum atomic E-state index is 12.4. The number of amides is 1. The van der Waals surface area contributed by atoms with Crippen molar-refractivity contribution in [2.24, 2.45) is 11.8 Å². The van der Waals surface area contributed by atoms with Crippen LogP contribution in [0.2, 0.25) is 0 Å². The Morgan fingerprint density at radius 2 is 1.86 bits per heavy atom. The molecule has 0 unspecified atom stereocenters. The fourth-order valence-corrected chi connectivity index (χ4v) is 2.88. The number of para-hydroxylation sites is 2. The van der Waals surface area contributed by atoms with Crippen LogP contribution in [-0.4, -0.2) is 36.3 Å². The van der Waals surface area contributed by atoms with Crippen LogP contribution >= 0.6 is 0 Å². The molecule has 110 valence electrons. The highest BCUT2D eigenvalue weighted by molar-refractivity contribution is 5.97. The van der Waals surface area contributed by atoms with Gasteiger partial charge in [0.2, 0.25) is 5.91 Å². The number of hydrogen-bond donors (Lipinski definition) is 2. The van der Waals surface area contributed by atoms with Crippen molar-refractivity contribution in [3.8, 4) is 5.75 Å². The number of methoxy groups -OCH3 is 1. The Bertz CT molecular complexity index is 612. The number of benzene rings is 1. The van der Waals surface area contributed by atoms with E-state index in [1.54, 1.807) is 36.4 Å². The van der Waals surface area contributed by atoms with Crippen LogP contribution in [0.1, 0.15) is 0 Å². The highest BCUT2D eigenvalue weighted by Crippen LogP contribution is 2.40. The first-order valence-electron chi connectivity index (χ1n) is 6.62. The van der Waals surface area contributed by atoms with Crippen molar-refractivity contribution < 1.29 is 24.2 Å². The van der Waals surface area contributed by atoms with Crippen LogP contribution in [0.4, 0.5) is 5.69 Å². The zero-order chi connectivity index (χ0) is 15.0. The van der Waals surface area contributed by atoms with Crippen LogP contribution in [0.5, 0.6) is 5.75 Å². The van der Waals surface area contributed by atoms with Gasteiger partial charge >= 0.3 is 5.97 Å². The average Bonchev–Trinajstić information content (AvgIpc) is 3.08. The minimum atomic E-state index is -1.02. The number of anilines is 1. The fraction of sp³-hybridized carbons (Fsp3) is 0.333. The quantitative estimate of drug-likeness (QED) is 0.816. The van der Waals surface area contributed by atoms with Gasteiger partial charge in [0.05, 0.1) is 30.9 Å². The second-order valence-electron chi connectivity index (χ2n) is 5.03. The molecule has 1 aromatic rings. The number of carboxylic acids is 1. The van der Waals surface area contributed by atoms with Crippen LogP contribution in [0, 0.1) is 11.8 Å². The van der Waals surface area contributed by atoms with Gasteiger partial charge in [-0.15, -0.1) is 0 Å². The maximum absolute atomic E-state index is 12.4. The molecule has 2 aliphatic heterocycles. The molecular formula is C15H15NO5. The molecule has 0 saturated carbocycles. The van der Waals surface area contributed by atoms with E-state index in [2.05, 4.69) is 5.32 Å². The van der Waals surface area contributed by atoms with Crippen LogP contribution < -0.4 is 10.1 Å². The van der Waals surface area contributed by atoms with Gasteiger partial charge in [0.25, 0.3) is 0 Å². The lowest BCUT2D eigenvalue weighted by molar-refractivity contribution is -0.145. The molecule has 6 heteroatoms. The van der Waals surface area contributed by atoms with Crippen molar-refractivity contribution in [2.75, 3.05) is 12.4 Å². The van der Waals surface area contributed by atoms with E-state index in [1.165, 1.54) is 7.11 Å². The molecule has 0 aliphatic carbocycles. The Kier molecular flexibility index (Phi) is 3.39. The summed E-state index contributed by atoms with van der Waals surface area (Å²) in [5.74, 6) is -2.45. The molecule has 2 heterocycles. The van der Waals surface area contributed by atoms with Crippen molar-refractivity contribution in [1.29, 1.82) is 0 Å². The summed E-state index contributed by atoms with van der Waals surface area (Å²) in [6.07, 6.45) is 2.44. The lowest BCUT2D eigenvalue weighted by Gasteiger charge is -2.21. The number of nitrogens with one attached hydrogen (secondary N) is 1. The van der Waals surface area contributed by atoms with Crippen LogP contribution in [0.25, 0.3) is 0 Å². The minimum Gasteiger partial charge on any atom is -0.495 e. The topological polar surface area (TPSA) is 84.9 Å². The molecule has 1 fully saturated rings. The number of hydrogen-bond acceptors (Lipinski definition) is 4. The van der Waals surface area contributed by atoms with E-state index in [9.17, 15) is 14.7 Å². The van der Waals surface area contributed by atoms with Crippen LogP contribution in [0.15, 0.2) is 36.4 Å². The minimum absolute atomic E-state index is 0.372. The monoisotopic (exact) mass is 289 g/mol. The van der Waals surface area contributed by atoms with E-state index in [0.717, 1.165) is 0 Å². The molecule has 0 aromatic heterocycles. The van der Waals surface area contributed by atoms with E-state index in [-0.39, 0.29) is 5.91 Å². The van der Waals surface area contributed by atoms with Crippen LogP contribution in [-0.2, 0) is 14.3 Å². The Balaban J connectivity index is 1.82. The number of aliphatic carboxylic acids is 1. The highest BCUT2D eigenvalue weighted by Gasteiger charge is 2.53. The SMILES string of the molecule is COc1ccccc1NC(=O)[C@H]1[C@@H](C(=O)O)[C@@H]2C=C[C@@H]1O2. The van der Waals surface area contributed by atoms with Gasteiger partial charge in [-0.2, -0.15) is 0 Å². The standard InChI is InChI=1S/C15H15NO5/c1-20-9-5-3-2-4-8(9)16-14(17)12-10-6-7-11(21-10)13(12)15(18)19/h2-7,10-13H,1H3,(H,16,17)(H,18,19)/t10-,11-,12+,13-/m0/s1. The number of fused-ring (bicyclic) bond motifs is 2. The molecule has 2 N–H and O–H groups in total. The molecule has 21 heavy (non-hydrogen) atoms. The highest BCUT2D eigenvalue weighted by atomic mass is 16.5. The van der Waals surface area contributed by atoms with Gasteiger partial charge in [0.15, 0.2) is 0 Å². The number of carbonyl (C=O) groups is 2. The van der Waals surface area contributed by atoms with E-state index in [0.29, 0.717) is 11.4 Å². The van der Waals surface area contributed by atoms with E-state index in [4.69, 9.17) is 9.47 Å². The normalized spacial score (nSPS) is 29.4. The molecule has 1 saturated heterocycles. The summed E-state index contributed by atoms with van der Waals surface area (Å²) >= 11 is 0. The third-order valence-corrected chi connectivity index (χ3v) is 3.85. The Hall–Kier alpha value is -2.34. The van der Waals surface area contributed by atoms with Gasteiger partial charge in [-0.25, -0.2) is 0 Å². The summed E-state index contributed by atoms with van der Waals surface area (Å²) in [5.41, 5.74) is 0.515. The van der Waals surface area contributed by atoms with Gasteiger partial charge in [0.1, 0.15) is 11.7 Å². The van der Waals surface area contributed by atoms with E-state index >= 15 is 0 Å². The summed E-state index contributed by atoms with van der Waals surface area (Å²) in [4.78, 5) is 23.8. The molecular weight excluding hydrogens is 274 g/mol. The number of ether oxygens (including phenoxy) is 2. The second kappa shape index (κ2) is 5.21. The molecule has 4 atom stereocenters. The Labute approximate surface area is 121 Å². The van der Waals surface area contributed by atoms with Crippen molar-refractivity contribution in [3.05, 3.63) is 36.4 Å². The van der Waals surface area contributed by atoms with Gasteiger partial charge in [-0.05, 0) is 12.1 Å². The molecule has 0 radical (unpaired) electrons. The van der Waals surface area contributed by atoms with Gasteiger partial charge in [-0.3, -0.25) is 9.59 Å². The third-order valence-electron chi connectivity index (χ3n) is 3.85. The first-order chi connectivity index (χ1) is 10.1. The Morgan fingerprint density at radius 1 is 1.19 bits per heavy atom. The predicted octanol–water partition coefficient (Wildman–Crippen LogP) is 1.29. The van der Waals surface area contributed by atoms with Crippen molar-refractivity contribution in [3.63, 3.8) is 0 Å². The fourth-order valence-electron chi connectivity index (χ4n) is 2.88. The van der Waals surface area contributed by atoms with Crippen molar-refractivity contribution in [2.45, 2.75) is 12.2 Å². The smallest absolute Gasteiger partial charge is 0.310 e. The molecule has 3 rings (SSSR count). The first kappa shape index (κ1) is 13.6. The predicted molar refractivity (Wildman–Crippen MR) is 74.0 cm³/mol. The molecule has 6 nitrogen and oxygen atoms in total. The second-order valence-corrected chi connectivity index (χ2v) is 5.03. The summed E-state index contributed by atoms with van der Waals surface area (Å²) < 4.78 is 10.7. The van der Waals surface area contributed by atoms with Gasteiger partial charge in [0, 0.05) is 0 Å². The van der Waals surface area contributed by atoms with Gasteiger partial charge in [-0.1, -0.05) is 24.3 Å². The number of carbonyl (C=O) groups excluding carboxylic acids is 1. The summed E-state index contributed by atoms with van der Waals surface area (Å²) in [5, 5.41) is 12.0. The first-order valence-corrected chi connectivity index (χ1v) is 6.62. The maximum Gasteiger partial charge on any atom is 0.310 e. The zero-order valence-electron chi connectivity index (χ0n) is 11.4. The molecule has 2 bridgehead atoms. The Morgan fingerprint density at radius 3 is 2.52 bits per heavy atom. The summed E-state index contributed by atoms with van der Waals surface area (Å²) in [6.45, 7) is 0.